The molecule has 4 aromatic heterocycles. The van der Waals surface area contributed by atoms with Crippen molar-refractivity contribution in [3.63, 3.8) is 0 Å². The lowest BCUT2D eigenvalue weighted by molar-refractivity contribution is 0.0938. The van der Waals surface area contributed by atoms with Gasteiger partial charge in [0.05, 0.1) is 39.0 Å². The number of carbonyl (C=O) groups excluding carboxylic acids is 1. The fourth-order valence-electron chi connectivity index (χ4n) is 4.76. The zero-order valence-corrected chi connectivity index (χ0v) is 22.9. The van der Waals surface area contributed by atoms with Gasteiger partial charge in [0.25, 0.3) is 11.5 Å². The van der Waals surface area contributed by atoms with E-state index in [-0.39, 0.29) is 11.5 Å². The Labute approximate surface area is 233 Å². The van der Waals surface area contributed by atoms with Gasteiger partial charge in [-0.15, -0.1) is 11.3 Å². The normalized spacial score (nSPS) is 12.4. The Balaban J connectivity index is 1.46. The van der Waals surface area contributed by atoms with Crippen molar-refractivity contribution in [3.05, 3.63) is 116 Å². The molecule has 40 heavy (non-hydrogen) atoms. The molecule has 1 unspecified atom stereocenters. The molecule has 0 aliphatic heterocycles. The Morgan fingerprint density at radius 2 is 1.85 bits per heavy atom. The molecule has 0 aliphatic rings. The van der Waals surface area contributed by atoms with E-state index in [2.05, 4.69) is 20.4 Å². The van der Waals surface area contributed by atoms with Crippen LogP contribution in [0.15, 0.2) is 77.2 Å². The van der Waals surface area contributed by atoms with Crippen molar-refractivity contribution in [1.82, 2.24) is 34.4 Å². The number of thiazole rings is 1. The summed E-state index contributed by atoms with van der Waals surface area (Å²) in [5.41, 5.74) is 3.94. The molecule has 1 N–H and O–H groups in total. The van der Waals surface area contributed by atoms with Crippen LogP contribution in [-0.4, -0.2) is 35.0 Å². The molecule has 198 valence electrons. The third kappa shape index (κ3) is 4.58. The maximum atomic E-state index is 14.2. The molecule has 1 amide bonds. The van der Waals surface area contributed by atoms with Gasteiger partial charge in [-0.2, -0.15) is 5.10 Å². The van der Waals surface area contributed by atoms with Crippen LogP contribution in [-0.2, 0) is 0 Å². The van der Waals surface area contributed by atoms with Gasteiger partial charge in [0.2, 0.25) is 0 Å². The van der Waals surface area contributed by atoms with Gasteiger partial charge in [-0.3, -0.25) is 14.2 Å². The van der Waals surface area contributed by atoms with E-state index in [9.17, 15) is 9.59 Å². The summed E-state index contributed by atoms with van der Waals surface area (Å²) in [5, 5.41) is 10.9. The average Bonchev–Trinajstić information content (AvgIpc) is 3.53. The maximum absolute atomic E-state index is 14.2. The molecule has 0 saturated heterocycles. The van der Waals surface area contributed by atoms with Crippen LogP contribution in [0.2, 0.25) is 0 Å². The van der Waals surface area contributed by atoms with Crippen molar-refractivity contribution in [2.45, 2.75) is 26.8 Å². The van der Waals surface area contributed by atoms with Crippen LogP contribution in [0, 0.1) is 13.8 Å². The SMILES string of the molecule is Cc1nc(/C=C/c2cccc3nc(C(C)NC(=O)c4c(C)nn5cccnc45)n(-c4ccccc4)c(=O)c23)cs1. The fourth-order valence-corrected chi connectivity index (χ4v) is 5.34. The molecule has 0 bridgehead atoms. The number of benzene rings is 2. The van der Waals surface area contributed by atoms with Crippen molar-refractivity contribution in [2.24, 2.45) is 0 Å². The van der Waals surface area contributed by atoms with Gasteiger partial charge in [-0.25, -0.2) is 19.5 Å². The molecule has 0 aliphatic carbocycles. The fraction of sp³-hybridized carbons (Fsp3) is 0.133. The van der Waals surface area contributed by atoms with Crippen LogP contribution >= 0.6 is 11.3 Å². The van der Waals surface area contributed by atoms with E-state index in [0.717, 1.165) is 16.3 Å². The van der Waals surface area contributed by atoms with E-state index in [4.69, 9.17) is 4.98 Å². The summed E-state index contributed by atoms with van der Waals surface area (Å²) < 4.78 is 3.14. The zero-order valence-electron chi connectivity index (χ0n) is 22.1. The summed E-state index contributed by atoms with van der Waals surface area (Å²) in [5.74, 6) is 0.0679. The lowest BCUT2D eigenvalue weighted by atomic mass is 10.1. The van der Waals surface area contributed by atoms with Crippen LogP contribution < -0.4 is 10.9 Å². The van der Waals surface area contributed by atoms with E-state index in [1.54, 1.807) is 45.8 Å². The van der Waals surface area contributed by atoms with Crippen molar-refractivity contribution in [1.29, 1.82) is 0 Å². The summed E-state index contributed by atoms with van der Waals surface area (Å²) >= 11 is 1.57. The molecule has 4 heterocycles. The third-order valence-corrected chi connectivity index (χ3v) is 7.36. The number of aromatic nitrogens is 6. The summed E-state index contributed by atoms with van der Waals surface area (Å²) in [7, 11) is 0. The molecule has 0 fully saturated rings. The number of rotatable bonds is 6. The van der Waals surface area contributed by atoms with Crippen molar-refractivity contribution in [3.8, 4) is 5.69 Å². The van der Waals surface area contributed by atoms with Gasteiger partial charge in [-0.1, -0.05) is 36.4 Å². The van der Waals surface area contributed by atoms with Gasteiger partial charge in [-0.05, 0) is 56.7 Å². The third-order valence-electron chi connectivity index (χ3n) is 6.57. The molecule has 2 aromatic carbocycles. The van der Waals surface area contributed by atoms with Crippen LogP contribution in [0.1, 0.15) is 51.1 Å². The molecule has 6 rings (SSSR count). The Morgan fingerprint density at radius 1 is 1.02 bits per heavy atom. The van der Waals surface area contributed by atoms with Gasteiger partial charge in [0.1, 0.15) is 11.4 Å². The Hall–Kier alpha value is -4.96. The summed E-state index contributed by atoms with van der Waals surface area (Å²) in [6.45, 7) is 5.54. The monoisotopic (exact) mass is 547 g/mol. The molecular weight excluding hydrogens is 522 g/mol. The minimum atomic E-state index is -0.611. The van der Waals surface area contributed by atoms with Crippen LogP contribution in [0.3, 0.4) is 0 Å². The van der Waals surface area contributed by atoms with E-state index in [1.165, 1.54) is 0 Å². The highest BCUT2D eigenvalue weighted by atomic mass is 32.1. The van der Waals surface area contributed by atoms with E-state index < -0.39 is 6.04 Å². The molecule has 0 spiro atoms. The topological polar surface area (TPSA) is 107 Å². The number of aryl methyl sites for hydroxylation is 2. The second-order valence-corrected chi connectivity index (χ2v) is 10.4. The Morgan fingerprint density at radius 3 is 2.62 bits per heavy atom. The number of para-hydroxylation sites is 1. The van der Waals surface area contributed by atoms with Crippen LogP contribution in [0.25, 0.3) is 34.4 Å². The molecule has 10 heteroatoms. The largest absolute Gasteiger partial charge is 0.342 e. The number of nitrogens with one attached hydrogen (secondary N) is 1. The first kappa shape index (κ1) is 25.3. The zero-order chi connectivity index (χ0) is 27.8. The number of fused-ring (bicyclic) bond motifs is 2. The molecular formula is C30H25N7O2S. The molecule has 1 atom stereocenters. The second kappa shape index (κ2) is 10.3. The van der Waals surface area contributed by atoms with Crippen molar-refractivity contribution in [2.75, 3.05) is 0 Å². The number of nitrogens with zero attached hydrogens (tertiary/aromatic N) is 6. The molecule has 9 nitrogen and oxygen atoms in total. The van der Waals surface area contributed by atoms with Gasteiger partial charge in [0.15, 0.2) is 5.65 Å². The number of hydrogen-bond acceptors (Lipinski definition) is 7. The Kier molecular flexibility index (Phi) is 6.53. The number of carbonyl (C=O) groups is 1. The van der Waals surface area contributed by atoms with Gasteiger partial charge in [0, 0.05) is 17.8 Å². The van der Waals surface area contributed by atoms with Gasteiger partial charge >= 0.3 is 0 Å². The highest BCUT2D eigenvalue weighted by molar-refractivity contribution is 7.09. The lowest BCUT2D eigenvalue weighted by Gasteiger charge is -2.20. The second-order valence-electron chi connectivity index (χ2n) is 9.36. The molecule has 0 saturated carbocycles. The van der Waals surface area contributed by atoms with Crippen LogP contribution in [0.4, 0.5) is 0 Å². The number of hydrogen-bond donors (Lipinski definition) is 1. The maximum Gasteiger partial charge on any atom is 0.266 e. The van der Waals surface area contributed by atoms with Crippen molar-refractivity contribution < 1.29 is 4.79 Å². The first-order chi connectivity index (χ1) is 19.4. The van der Waals surface area contributed by atoms with Gasteiger partial charge < -0.3 is 5.32 Å². The van der Waals surface area contributed by atoms with Crippen molar-refractivity contribution >= 4 is 45.9 Å². The summed E-state index contributed by atoms with van der Waals surface area (Å²) in [6.07, 6.45) is 7.15. The molecule has 6 aromatic rings. The van der Waals surface area contributed by atoms with E-state index >= 15 is 0 Å². The van der Waals surface area contributed by atoms with Crippen LogP contribution in [0.5, 0.6) is 0 Å². The predicted octanol–water partition coefficient (Wildman–Crippen LogP) is 5.16. The quantitative estimate of drug-likeness (QED) is 0.309. The smallest absolute Gasteiger partial charge is 0.266 e. The van der Waals surface area contributed by atoms with E-state index in [0.29, 0.717) is 39.3 Å². The first-order valence-corrected chi connectivity index (χ1v) is 13.6. The minimum Gasteiger partial charge on any atom is -0.342 e. The minimum absolute atomic E-state index is 0.226. The first-order valence-electron chi connectivity index (χ1n) is 12.7. The highest BCUT2D eigenvalue weighted by Crippen LogP contribution is 2.23. The highest BCUT2D eigenvalue weighted by Gasteiger charge is 2.24. The van der Waals surface area contributed by atoms with E-state index in [1.807, 2.05) is 79.9 Å². The number of amides is 1. The summed E-state index contributed by atoms with van der Waals surface area (Å²) in [6, 6.07) is 16.0. The summed E-state index contributed by atoms with van der Waals surface area (Å²) in [4.78, 5) is 41.4. The average molecular weight is 548 g/mol. The Bertz CT molecular complexity index is 1970. The predicted molar refractivity (Wildman–Crippen MR) is 157 cm³/mol. The standard InChI is InChI=1S/C30H25N7O2S/c1-18-25(28-31-15-8-16-36(28)35-18)29(38)32-19(2)27-34-24-12-7-9-21(13-14-22-17-40-20(3)33-22)26(24)30(39)37(27)23-10-5-4-6-11-23/h4-17,19H,1-3H3,(H,32,38)/b14-13+. The molecule has 0 radical (unpaired) electrons. The lowest BCUT2D eigenvalue weighted by Crippen LogP contribution is -2.33.